The molecule has 12 N–H and O–H groups in total. The third-order valence-electron chi connectivity index (χ3n) is 3.87. The Morgan fingerprint density at radius 2 is 0.941 bits per heavy atom. The van der Waals surface area contributed by atoms with Crippen LogP contribution in [0, 0.1) is 0 Å². The first-order valence-corrected chi connectivity index (χ1v) is 9.61. The molecule has 0 aliphatic carbocycles. The molecule has 0 aromatic rings. The summed E-state index contributed by atoms with van der Waals surface area (Å²) in [6.45, 7) is 2.87. The smallest absolute Gasteiger partial charge is 0.336 e. The van der Waals surface area contributed by atoms with Crippen LogP contribution in [0.5, 0.6) is 0 Å². The Balaban J connectivity index is -0.000000438. The summed E-state index contributed by atoms with van der Waals surface area (Å²) < 4.78 is 0. The van der Waals surface area contributed by atoms with Crippen molar-refractivity contribution in [2.75, 3.05) is 6.54 Å². The molecule has 0 fully saturated rings. The summed E-state index contributed by atoms with van der Waals surface area (Å²) in [5, 5.41) is 67.6. The standard InChI is InChI=1S/C6H16N2.2C6H8O7/c1-2-6(8)4-3-5-7;2*7-3(8)1-6(13,5(11)12)2-4(9)10/h6H,2-5,7-8H2,1H3;2*13H,1-2H2,(H,7,8)(H,9,10)(H,11,12). The molecule has 0 saturated heterocycles. The summed E-state index contributed by atoms with van der Waals surface area (Å²) >= 11 is 0. The molecular weight excluding hydrogens is 468 g/mol. The Hall–Kier alpha value is -3.34. The predicted octanol–water partition coefficient (Wildman–Crippen LogP) is -2.03. The largest absolute Gasteiger partial charge is 0.481 e. The van der Waals surface area contributed by atoms with Crippen molar-refractivity contribution in [3.05, 3.63) is 0 Å². The average Bonchev–Trinajstić information content (AvgIpc) is 2.64. The van der Waals surface area contributed by atoms with E-state index in [0.29, 0.717) is 6.04 Å². The van der Waals surface area contributed by atoms with E-state index in [1.165, 1.54) is 0 Å². The normalized spacial score (nSPS) is 11.6. The Labute approximate surface area is 193 Å². The molecule has 0 aromatic heterocycles. The first-order valence-electron chi connectivity index (χ1n) is 9.61. The van der Waals surface area contributed by atoms with Gasteiger partial charge in [0.15, 0.2) is 11.2 Å². The van der Waals surface area contributed by atoms with Crippen LogP contribution in [-0.2, 0) is 28.8 Å². The van der Waals surface area contributed by atoms with Crippen molar-refractivity contribution in [3.8, 4) is 0 Å². The Morgan fingerprint density at radius 1 is 0.676 bits per heavy atom. The summed E-state index contributed by atoms with van der Waals surface area (Å²) in [5.41, 5.74) is 5.40. The van der Waals surface area contributed by atoms with Gasteiger partial charge in [-0.15, -0.1) is 0 Å². The van der Waals surface area contributed by atoms with Gasteiger partial charge in [-0.05, 0) is 25.8 Å². The van der Waals surface area contributed by atoms with Crippen LogP contribution in [0.2, 0.25) is 0 Å². The number of rotatable bonds is 14. The second-order valence-corrected chi connectivity index (χ2v) is 7.05. The molecule has 16 nitrogen and oxygen atoms in total. The molecule has 0 bridgehead atoms. The van der Waals surface area contributed by atoms with E-state index in [0.717, 1.165) is 25.8 Å². The van der Waals surface area contributed by atoms with Crippen LogP contribution in [0.25, 0.3) is 0 Å². The molecule has 1 unspecified atom stereocenters. The Morgan fingerprint density at radius 3 is 1.09 bits per heavy atom. The van der Waals surface area contributed by atoms with Gasteiger partial charge in [-0.1, -0.05) is 6.92 Å². The van der Waals surface area contributed by atoms with Gasteiger partial charge in [-0.3, -0.25) is 19.2 Å². The van der Waals surface area contributed by atoms with Crippen LogP contribution in [0.1, 0.15) is 51.9 Å². The molecule has 0 amide bonds. The molecule has 0 aliphatic rings. The third kappa shape index (κ3) is 18.3. The Kier molecular flexibility index (Phi) is 17.8. The number of aliphatic hydroxyl groups is 2. The fourth-order valence-corrected chi connectivity index (χ4v) is 2.01. The number of hydrogen-bond donors (Lipinski definition) is 10. The molecule has 0 radical (unpaired) electrons. The quantitative estimate of drug-likeness (QED) is 0.123. The second-order valence-electron chi connectivity index (χ2n) is 7.05. The third-order valence-corrected chi connectivity index (χ3v) is 3.87. The zero-order chi connectivity index (χ0) is 27.7. The molecular formula is C18H32N2O14. The second kappa shape index (κ2) is 17.2. The van der Waals surface area contributed by atoms with E-state index in [1.807, 2.05) is 0 Å². The number of carboxylic acid groups (broad SMARTS) is 6. The van der Waals surface area contributed by atoms with Gasteiger partial charge < -0.3 is 52.3 Å². The van der Waals surface area contributed by atoms with E-state index in [-0.39, 0.29) is 0 Å². The van der Waals surface area contributed by atoms with Crippen molar-refractivity contribution >= 4 is 35.8 Å². The molecule has 1 atom stereocenters. The molecule has 0 rings (SSSR count). The predicted molar refractivity (Wildman–Crippen MR) is 111 cm³/mol. The van der Waals surface area contributed by atoms with Gasteiger partial charge >= 0.3 is 35.8 Å². The minimum absolute atomic E-state index is 0.374. The number of hydrogen-bond acceptors (Lipinski definition) is 10. The maximum Gasteiger partial charge on any atom is 0.336 e. The van der Waals surface area contributed by atoms with Gasteiger partial charge in [0.05, 0.1) is 25.7 Å². The number of aliphatic carboxylic acids is 6. The first kappa shape index (κ1) is 35.3. The average molecular weight is 500 g/mol. The van der Waals surface area contributed by atoms with Crippen LogP contribution < -0.4 is 11.5 Å². The highest BCUT2D eigenvalue weighted by Crippen LogP contribution is 2.16. The number of carbonyl (C=O) groups is 6. The van der Waals surface area contributed by atoms with Gasteiger partial charge in [0.25, 0.3) is 0 Å². The number of carboxylic acids is 6. The SMILES string of the molecule is CCC(N)CCCN.O=C(O)CC(O)(CC(=O)O)C(=O)O.O=C(O)CC(O)(CC(=O)O)C(=O)O. The minimum atomic E-state index is -2.74. The van der Waals surface area contributed by atoms with Gasteiger partial charge in [0.1, 0.15) is 0 Å². The molecule has 34 heavy (non-hydrogen) atoms. The maximum absolute atomic E-state index is 10.3. The van der Waals surface area contributed by atoms with Crippen LogP contribution in [0.3, 0.4) is 0 Å². The van der Waals surface area contributed by atoms with Crippen molar-refractivity contribution in [3.63, 3.8) is 0 Å². The fourth-order valence-electron chi connectivity index (χ4n) is 2.01. The molecule has 0 heterocycles. The molecule has 0 spiro atoms. The van der Waals surface area contributed by atoms with E-state index < -0.39 is 72.7 Å². The first-order chi connectivity index (χ1) is 15.4. The summed E-state index contributed by atoms with van der Waals surface area (Å²) in [5.74, 6) is -10.0. The monoisotopic (exact) mass is 500 g/mol. The van der Waals surface area contributed by atoms with Crippen molar-refractivity contribution in [2.24, 2.45) is 11.5 Å². The fraction of sp³-hybridized carbons (Fsp3) is 0.667. The molecule has 0 saturated carbocycles. The van der Waals surface area contributed by atoms with Gasteiger partial charge in [-0.25, -0.2) is 9.59 Å². The zero-order valence-electron chi connectivity index (χ0n) is 18.4. The van der Waals surface area contributed by atoms with Gasteiger partial charge in [-0.2, -0.15) is 0 Å². The summed E-state index contributed by atoms with van der Waals surface area (Å²) in [6.07, 6.45) is -1.37. The van der Waals surface area contributed by atoms with E-state index in [4.69, 9.17) is 52.3 Å². The minimum Gasteiger partial charge on any atom is -0.481 e. The van der Waals surface area contributed by atoms with E-state index >= 15 is 0 Å². The maximum atomic E-state index is 10.3. The summed E-state index contributed by atoms with van der Waals surface area (Å²) in [6, 6.07) is 0.374. The van der Waals surface area contributed by atoms with Crippen LogP contribution in [0.4, 0.5) is 0 Å². The van der Waals surface area contributed by atoms with E-state index in [2.05, 4.69) is 6.92 Å². The lowest BCUT2D eigenvalue weighted by Gasteiger charge is -2.18. The van der Waals surface area contributed by atoms with E-state index in [9.17, 15) is 28.8 Å². The van der Waals surface area contributed by atoms with Crippen molar-refractivity contribution < 1.29 is 69.6 Å². The molecule has 198 valence electrons. The van der Waals surface area contributed by atoms with Crippen LogP contribution in [-0.4, -0.2) is 100 Å². The molecule has 0 aromatic carbocycles. The Bertz CT molecular complexity index is 625. The van der Waals surface area contributed by atoms with Gasteiger partial charge in [0, 0.05) is 6.04 Å². The summed E-state index contributed by atoms with van der Waals surface area (Å²) in [7, 11) is 0. The lowest BCUT2D eigenvalue weighted by Crippen LogP contribution is -2.42. The topological polar surface area (TPSA) is 316 Å². The lowest BCUT2D eigenvalue weighted by atomic mass is 9.96. The van der Waals surface area contributed by atoms with Crippen LogP contribution >= 0.6 is 0 Å². The molecule has 0 aliphatic heterocycles. The summed E-state index contributed by atoms with van der Waals surface area (Å²) in [4.78, 5) is 61.0. The highest BCUT2D eigenvalue weighted by molar-refractivity contribution is 5.88. The lowest BCUT2D eigenvalue weighted by molar-refractivity contribution is -0.170. The highest BCUT2D eigenvalue weighted by Gasteiger charge is 2.41. The highest BCUT2D eigenvalue weighted by atomic mass is 16.4. The van der Waals surface area contributed by atoms with Crippen molar-refractivity contribution in [2.45, 2.75) is 69.1 Å². The zero-order valence-corrected chi connectivity index (χ0v) is 18.4. The van der Waals surface area contributed by atoms with Crippen LogP contribution in [0.15, 0.2) is 0 Å². The molecule has 16 heteroatoms. The number of nitrogens with two attached hydrogens (primary N) is 2. The van der Waals surface area contributed by atoms with Crippen molar-refractivity contribution in [1.82, 2.24) is 0 Å². The van der Waals surface area contributed by atoms with Crippen molar-refractivity contribution in [1.29, 1.82) is 0 Å². The van der Waals surface area contributed by atoms with Gasteiger partial charge in [0.2, 0.25) is 0 Å². The van der Waals surface area contributed by atoms with E-state index in [1.54, 1.807) is 0 Å².